The molecular weight excluding hydrogens is 419 g/mol. The van der Waals surface area contributed by atoms with Crippen molar-refractivity contribution in [1.29, 1.82) is 0 Å². The molecule has 1 aliphatic carbocycles. The molecule has 3 aromatic rings. The van der Waals surface area contributed by atoms with Crippen LogP contribution in [0.1, 0.15) is 53.0 Å². The van der Waals surface area contributed by atoms with Gasteiger partial charge in [-0.25, -0.2) is 4.98 Å². The fraction of sp³-hybridized carbons (Fsp3) is 0.333. The van der Waals surface area contributed by atoms with Gasteiger partial charge in [0.05, 0.1) is 18.2 Å². The highest BCUT2D eigenvalue weighted by atomic mass is 19.4. The van der Waals surface area contributed by atoms with Crippen molar-refractivity contribution in [3.05, 3.63) is 82.9 Å². The molecule has 4 rings (SSSR count). The van der Waals surface area contributed by atoms with Crippen molar-refractivity contribution >= 4 is 5.91 Å². The fourth-order valence-electron chi connectivity index (χ4n) is 3.56. The number of H-pyrrole nitrogens is 1. The third-order valence-corrected chi connectivity index (χ3v) is 5.34. The molecule has 1 aliphatic rings. The second kappa shape index (κ2) is 9.06. The van der Waals surface area contributed by atoms with Crippen LogP contribution in [0.3, 0.4) is 0 Å². The van der Waals surface area contributed by atoms with Crippen molar-refractivity contribution in [2.75, 3.05) is 6.61 Å². The number of hydrogen-bond acceptors (Lipinski definition) is 3. The molecule has 1 amide bonds. The van der Waals surface area contributed by atoms with E-state index in [1.807, 2.05) is 12.1 Å². The monoisotopic (exact) mass is 443 g/mol. The van der Waals surface area contributed by atoms with E-state index in [4.69, 9.17) is 4.74 Å². The average molecular weight is 443 g/mol. The van der Waals surface area contributed by atoms with E-state index in [9.17, 15) is 18.0 Å². The number of aryl methyl sites for hydroxylation is 1. The summed E-state index contributed by atoms with van der Waals surface area (Å²) in [5.74, 6) is 1.28. The highest BCUT2D eigenvalue weighted by molar-refractivity contribution is 5.79. The highest BCUT2D eigenvalue weighted by Gasteiger charge is 2.28. The number of nitrogens with one attached hydrogen (secondary N) is 2. The van der Waals surface area contributed by atoms with Gasteiger partial charge in [-0.3, -0.25) is 4.79 Å². The molecular formula is C24H24F3N3O2. The van der Waals surface area contributed by atoms with Gasteiger partial charge in [0.1, 0.15) is 11.6 Å². The Balaban J connectivity index is 1.46. The number of ether oxygens (including phenoxy) is 1. The van der Waals surface area contributed by atoms with Crippen molar-refractivity contribution < 1.29 is 22.7 Å². The van der Waals surface area contributed by atoms with E-state index in [0.717, 1.165) is 5.56 Å². The predicted molar refractivity (Wildman–Crippen MR) is 113 cm³/mol. The van der Waals surface area contributed by atoms with E-state index < -0.39 is 18.8 Å². The van der Waals surface area contributed by atoms with Gasteiger partial charge in [-0.15, -0.1) is 0 Å². The van der Waals surface area contributed by atoms with Gasteiger partial charge < -0.3 is 15.0 Å². The molecule has 0 spiro atoms. The number of carbonyl (C=O) groups is 1. The van der Waals surface area contributed by atoms with Crippen LogP contribution in [0.5, 0.6) is 5.75 Å². The lowest BCUT2D eigenvalue weighted by Gasteiger charge is -2.18. The van der Waals surface area contributed by atoms with Gasteiger partial charge in [0.25, 0.3) is 0 Å². The first-order valence-corrected chi connectivity index (χ1v) is 10.5. The maximum Gasteiger partial charge on any atom is 0.422 e. The summed E-state index contributed by atoms with van der Waals surface area (Å²) in [6.07, 6.45) is -0.0235. The number of nitrogens with zero attached hydrogens (tertiary/aromatic N) is 1. The van der Waals surface area contributed by atoms with Crippen LogP contribution < -0.4 is 10.1 Å². The van der Waals surface area contributed by atoms with Crippen LogP contribution in [0.4, 0.5) is 13.2 Å². The molecule has 1 atom stereocenters. The fourth-order valence-corrected chi connectivity index (χ4v) is 3.56. The van der Waals surface area contributed by atoms with E-state index in [-0.39, 0.29) is 18.1 Å². The van der Waals surface area contributed by atoms with E-state index in [2.05, 4.69) is 27.4 Å². The first-order chi connectivity index (χ1) is 15.3. The van der Waals surface area contributed by atoms with Crippen molar-refractivity contribution in [3.8, 4) is 5.75 Å². The normalized spacial score (nSPS) is 14.8. The van der Waals surface area contributed by atoms with Crippen LogP contribution in [-0.2, 0) is 11.2 Å². The molecule has 0 saturated heterocycles. The van der Waals surface area contributed by atoms with Crippen LogP contribution in [0.2, 0.25) is 0 Å². The molecule has 168 valence electrons. The third kappa shape index (κ3) is 5.90. The molecule has 2 aromatic carbocycles. The summed E-state index contributed by atoms with van der Waals surface area (Å²) in [6.45, 7) is 0.447. The number of alkyl halides is 3. The molecule has 1 unspecified atom stereocenters. The minimum atomic E-state index is -4.40. The summed E-state index contributed by atoms with van der Waals surface area (Å²) in [4.78, 5) is 20.2. The van der Waals surface area contributed by atoms with Crippen LogP contribution in [-0.4, -0.2) is 28.7 Å². The van der Waals surface area contributed by atoms with Crippen LogP contribution in [0.15, 0.2) is 54.7 Å². The number of amides is 1. The molecule has 0 bridgehead atoms. The van der Waals surface area contributed by atoms with Gasteiger partial charge in [0, 0.05) is 6.20 Å². The van der Waals surface area contributed by atoms with Gasteiger partial charge in [-0.05, 0) is 54.5 Å². The summed E-state index contributed by atoms with van der Waals surface area (Å²) in [5.41, 5.74) is 3.53. The Morgan fingerprint density at radius 1 is 1.16 bits per heavy atom. The lowest BCUT2D eigenvalue weighted by Crippen LogP contribution is -2.30. The second-order valence-corrected chi connectivity index (χ2v) is 8.08. The summed E-state index contributed by atoms with van der Waals surface area (Å²) in [6, 6.07) is 13.7. The highest BCUT2D eigenvalue weighted by Crippen LogP contribution is 2.39. The summed E-state index contributed by atoms with van der Waals surface area (Å²) in [7, 11) is 0. The van der Waals surface area contributed by atoms with E-state index in [0.29, 0.717) is 23.0 Å². The number of carbonyl (C=O) groups excluding carboxylic acids is 1. The Kier molecular flexibility index (Phi) is 6.21. The number of imidazole rings is 1. The summed E-state index contributed by atoms with van der Waals surface area (Å²) >= 11 is 0. The lowest BCUT2D eigenvalue weighted by molar-refractivity contribution is -0.153. The molecule has 1 saturated carbocycles. The third-order valence-electron chi connectivity index (χ3n) is 5.34. The van der Waals surface area contributed by atoms with Gasteiger partial charge in [-0.2, -0.15) is 13.2 Å². The molecule has 8 heteroatoms. The Morgan fingerprint density at radius 2 is 1.84 bits per heavy atom. The summed E-state index contributed by atoms with van der Waals surface area (Å²) < 4.78 is 41.9. The number of rotatable bonds is 8. The molecule has 32 heavy (non-hydrogen) atoms. The molecule has 1 heterocycles. The Labute approximate surface area is 184 Å². The van der Waals surface area contributed by atoms with Gasteiger partial charge in [0.15, 0.2) is 6.61 Å². The lowest BCUT2D eigenvalue weighted by atomic mass is 10.0. The first kappa shape index (κ1) is 21.9. The maximum atomic E-state index is 12.8. The minimum Gasteiger partial charge on any atom is -0.484 e. The first-order valence-electron chi connectivity index (χ1n) is 10.5. The minimum absolute atomic E-state index is 0.102. The maximum absolute atomic E-state index is 12.8. The Morgan fingerprint density at radius 3 is 2.41 bits per heavy atom. The average Bonchev–Trinajstić information content (AvgIpc) is 3.52. The quantitative estimate of drug-likeness (QED) is 0.516. The number of hydrogen-bond donors (Lipinski definition) is 2. The second-order valence-electron chi connectivity index (χ2n) is 8.08. The van der Waals surface area contributed by atoms with Crippen molar-refractivity contribution in [1.82, 2.24) is 15.3 Å². The SMILES string of the molecule is Cc1nc(C(NC(=O)Cc2ccc(C3CC3)cc2)c2ccc(OCC(F)(F)F)cc2)c[nH]1. The molecule has 5 nitrogen and oxygen atoms in total. The molecule has 0 radical (unpaired) electrons. The topological polar surface area (TPSA) is 67.0 Å². The molecule has 0 aliphatic heterocycles. The van der Waals surface area contributed by atoms with Crippen molar-refractivity contribution in [3.63, 3.8) is 0 Å². The number of aromatic amines is 1. The largest absolute Gasteiger partial charge is 0.484 e. The summed E-state index contributed by atoms with van der Waals surface area (Å²) in [5, 5.41) is 2.99. The van der Waals surface area contributed by atoms with Crippen molar-refractivity contribution in [2.45, 2.75) is 44.3 Å². The molecule has 1 aromatic heterocycles. The van der Waals surface area contributed by atoms with E-state index in [1.165, 1.54) is 30.5 Å². The Hall–Kier alpha value is -3.29. The number of benzene rings is 2. The zero-order valence-electron chi connectivity index (χ0n) is 17.6. The zero-order chi connectivity index (χ0) is 22.7. The van der Waals surface area contributed by atoms with Gasteiger partial charge >= 0.3 is 6.18 Å². The standard InChI is InChI=1S/C24H24F3N3O2/c1-15-28-13-21(29-15)23(19-8-10-20(11-9-19)32-14-24(25,26)27)30-22(31)12-16-2-4-17(5-3-16)18-6-7-18/h2-5,8-11,13,18,23H,6-7,12,14H2,1H3,(H,28,29)(H,30,31). The van der Waals surface area contributed by atoms with E-state index >= 15 is 0 Å². The van der Waals surface area contributed by atoms with Crippen LogP contribution in [0, 0.1) is 6.92 Å². The predicted octanol–water partition coefficient (Wildman–Crippen LogP) is 4.98. The molecule has 1 fully saturated rings. The van der Waals surface area contributed by atoms with E-state index in [1.54, 1.807) is 25.3 Å². The van der Waals surface area contributed by atoms with Gasteiger partial charge in [0.2, 0.25) is 5.91 Å². The van der Waals surface area contributed by atoms with Crippen LogP contribution in [0.25, 0.3) is 0 Å². The number of halogens is 3. The van der Waals surface area contributed by atoms with Gasteiger partial charge in [-0.1, -0.05) is 36.4 Å². The molecule has 2 N–H and O–H groups in total. The van der Waals surface area contributed by atoms with Crippen molar-refractivity contribution in [2.24, 2.45) is 0 Å². The zero-order valence-corrected chi connectivity index (χ0v) is 17.6. The smallest absolute Gasteiger partial charge is 0.422 e. The Bertz CT molecular complexity index is 1060. The number of aromatic nitrogens is 2. The van der Waals surface area contributed by atoms with Crippen LogP contribution >= 0.6 is 0 Å².